The van der Waals surface area contributed by atoms with Crippen molar-refractivity contribution in [3.63, 3.8) is 0 Å². The Morgan fingerprint density at radius 3 is 2.43 bits per heavy atom. The summed E-state index contributed by atoms with van der Waals surface area (Å²) in [5.74, 6) is 0. The molecule has 0 aliphatic rings. The largest absolute Gasteiger partial charge is 0.384 e. The number of aryl methyl sites for hydroxylation is 3. The highest BCUT2D eigenvalue weighted by molar-refractivity contribution is 7.19. The van der Waals surface area contributed by atoms with Gasteiger partial charge in [-0.1, -0.05) is 55.0 Å². The fourth-order valence-electron chi connectivity index (χ4n) is 3.68. The topological polar surface area (TPSA) is 38.1 Å². The Labute approximate surface area is 182 Å². The predicted molar refractivity (Wildman–Crippen MR) is 126 cm³/mol. The molecule has 30 heavy (non-hydrogen) atoms. The van der Waals surface area contributed by atoms with Crippen molar-refractivity contribution < 1.29 is 5.11 Å². The van der Waals surface area contributed by atoms with Gasteiger partial charge in [-0.2, -0.15) is 5.10 Å². The third-order valence-electron chi connectivity index (χ3n) is 5.40. The third-order valence-corrected chi connectivity index (χ3v) is 6.65. The van der Waals surface area contributed by atoms with Crippen LogP contribution in [0, 0.1) is 13.8 Å². The molecule has 0 spiro atoms. The minimum absolute atomic E-state index is 0.674. The van der Waals surface area contributed by atoms with Gasteiger partial charge in [0, 0.05) is 4.88 Å². The fraction of sp³-hybridized carbons (Fsp3) is 0.269. The van der Waals surface area contributed by atoms with E-state index in [0.29, 0.717) is 5.69 Å². The molecule has 0 aliphatic carbocycles. The van der Waals surface area contributed by atoms with Crippen LogP contribution in [0.2, 0.25) is 0 Å². The van der Waals surface area contributed by atoms with Gasteiger partial charge in [-0.15, -0.1) is 11.3 Å². The van der Waals surface area contributed by atoms with E-state index in [9.17, 15) is 5.11 Å². The van der Waals surface area contributed by atoms with Crippen molar-refractivity contribution in [2.24, 2.45) is 0 Å². The monoisotopic (exact) mass is 416 g/mol. The van der Waals surface area contributed by atoms with Crippen LogP contribution in [-0.4, -0.2) is 14.9 Å². The van der Waals surface area contributed by atoms with Gasteiger partial charge in [0.2, 0.25) is 0 Å². The van der Waals surface area contributed by atoms with Gasteiger partial charge in [-0.25, -0.2) is 4.68 Å². The van der Waals surface area contributed by atoms with Crippen molar-refractivity contribution in [3.8, 4) is 26.7 Å². The van der Waals surface area contributed by atoms with Gasteiger partial charge >= 0.3 is 0 Å². The zero-order chi connectivity index (χ0) is 21.5. The lowest BCUT2D eigenvalue weighted by Gasteiger charge is -2.13. The van der Waals surface area contributed by atoms with Gasteiger partial charge < -0.3 is 5.11 Å². The Kier molecular flexibility index (Phi) is 5.39. The average molecular weight is 417 g/mol. The second kappa shape index (κ2) is 7.86. The van der Waals surface area contributed by atoms with E-state index >= 15 is 0 Å². The fourth-order valence-corrected chi connectivity index (χ4v) is 4.93. The number of aliphatic hydroxyl groups is 1. The Morgan fingerprint density at radius 1 is 1.00 bits per heavy atom. The van der Waals surface area contributed by atoms with Crippen LogP contribution in [0.25, 0.3) is 26.7 Å². The van der Waals surface area contributed by atoms with Crippen molar-refractivity contribution in [1.82, 2.24) is 9.78 Å². The first-order valence-electron chi connectivity index (χ1n) is 10.4. The first-order chi connectivity index (χ1) is 14.3. The number of benzene rings is 2. The molecule has 154 valence electrons. The van der Waals surface area contributed by atoms with E-state index in [2.05, 4.69) is 63.2 Å². The second-order valence-corrected chi connectivity index (χ2v) is 9.41. The van der Waals surface area contributed by atoms with Gasteiger partial charge in [0.1, 0.15) is 5.60 Å². The summed E-state index contributed by atoms with van der Waals surface area (Å²) in [4.78, 5) is 2.47. The number of hydrogen-bond acceptors (Lipinski definition) is 3. The van der Waals surface area contributed by atoms with Gasteiger partial charge in [0.15, 0.2) is 0 Å². The molecule has 0 aliphatic heterocycles. The Balaban J connectivity index is 1.94. The molecule has 0 saturated heterocycles. The first kappa shape index (κ1) is 20.6. The van der Waals surface area contributed by atoms with Crippen molar-refractivity contribution >= 4 is 11.3 Å². The maximum Gasteiger partial charge on any atom is 0.103 e. The lowest BCUT2D eigenvalue weighted by Crippen LogP contribution is -2.16. The number of para-hydroxylation sites is 1. The van der Waals surface area contributed by atoms with E-state index in [4.69, 9.17) is 5.10 Å². The summed E-state index contributed by atoms with van der Waals surface area (Å²) in [7, 11) is 0. The summed E-state index contributed by atoms with van der Waals surface area (Å²) < 4.78 is 1.99. The molecule has 0 radical (unpaired) electrons. The van der Waals surface area contributed by atoms with Crippen LogP contribution < -0.4 is 0 Å². The number of thiophene rings is 1. The summed E-state index contributed by atoms with van der Waals surface area (Å²) in [6.45, 7) is 9.99. The van der Waals surface area contributed by atoms with Crippen LogP contribution >= 0.6 is 11.3 Å². The van der Waals surface area contributed by atoms with Gasteiger partial charge in [0.05, 0.1) is 22.0 Å². The molecule has 4 aromatic rings. The Hall–Kier alpha value is -2.69. The van der Waals surface area contributed by atoms with Crippen molar-refractivity contribution in [2.75, 3.05) is 0 Å². The van der Waals surface area contributed by atoms with E-state index in [1.54, 1.807) is 25.2 Å². The quantitative estimate of drug-likeness (QED) is 0.394. The van der Waals surface area contributed by atoms with E-state index in [1.807, 2.05) is 22.9 Å². The van der Waals surface area contributed by atoms with Crippen molar-refractivity contribution in [1.29, 1.82) is 0 Å². The molecule has 3 nitrogen and oxygen atoms in total. The summed E-state index contributed by atoms with van der Waals surface area (Å²) in [5, 5.41) is 15.5. The van der Waals surface area contributed by atoms with Crippen LogP contribution in [-0.2, 0) is 12.0 Å². The molecule has 0 saturated carbocycles. The number of rotatable bonds is 5. The van der Waals surface area contributed by atoms with Crippen molar-refractivity contribution in [2.45, 2.75) is 46.6 Å². The molecule has 0 unspecified atom stereocenters. The molecule has 1 N–H and O–H groups in total. The molecular weight excluding hydrogens is 388 g/mol. The highest BCUT2D eigenvalue weighted by Gasteiger charge is 2.25. The Bertz CT molecular complexity index is 1190. The SMILES string of the molecule is CCc1cc(-c2cccc(C)c2)sc1-c1cc(C(C)(C)O)nn1-c1ccccc1C. The zero-order valence-corrected chi connectivity index (χ0v) is 19.0. The number of nitrogens with zero attached hydrogens (tertiary/aromatic N) is 2. The Morgan fingerprint density at radius 2 is 1.77 bits per heavy atom. The van der Waals surface area contributed by atoms with Gasteiger partial charge in [0.25, 0.3) is 0 Å². The average Bonchev–Trinajstić information content (AvgIpc) is 3.32. The van der Waals surface area contributed by atoms with Crippen LogP contribution in [0.15, 0.2) is 60.7 Å². The summed E-state index contributed by atoms with van der Waals surface area (Å²) >= 11 is 1.80. The standard InChI is InChI=1S/C26H28N2OS/c1-6-19-15-23(20-12-9-10-17(2)14-20)30-25(19)22-16-24(26(4,5)29)27-28(22)21-13-8-7-11-18(21)3/h7-16,29H,6H2,1-5H3. The van der Waals surface area contributed by atoms with E-state index in [0.717, 1.165) is 23.4 Å². The minimum Gasteiger partial charge on any atom is -0.384 e. The smallest absolute Gasteiger partial charge is 0.103 e. The summed E-state index contributed by atoms with van der Waals surface area (Å²) in [5.41, 5.74) is 6.68. The van der Waals surface area contributed by atoms with Crippen LogP contribution in [0.5, 0.6) is 0 Å². The molecule has 0 bridgehead atoms. The number of aromatic nitrogens is 2. The van der Waals surface area contributed by atoms with Gasteiger partial charge in [-0.3, -0.25) is 0 Å². The van der Waals surface area contributed by atoms with Crippen molar-refractivity contribution in [3.05, 3.63) is 83.0 Å². The maximum atomic E-state index is 10.7. The molecule has 4 rings (SSSR count). The lowest BCUT2D eigenvalue weighted by atomic mass is 10.0. The molecular formula is C26H28N2OS. The van der Waals surface area contributed by atoms with E-state index in [-0.39, 0.29) is 0 Å². The predicted octanol–water partition coefficient (Wildman–Crippen LogP) is 6.67. The molecule has 0 amide bonds. The van der Waals surface area contributed by atoms with Crippen LogP contribution in [0.4, 0.5) is 0 Å². The molecule has 2 aromatic heterocycles. The first-order valence-corrected chi connectivity index (χ1v) is 11.2. The molecule has 4 heteroatoms. The van der Waals surface area contributed by atoms with E-state index < -0.39 is 5.60 Å². The highest BCUT2D eigenvalue weighted by atomic mass is 32.1. The minimum atomic E-state index is -1.01. The van der Waals surface area contributed by atoms with Crippen LogP contribution in [0.3, 0.4) is 0 Å². The molecule has 0 atom stereocenters. The molecule has 0 fully saturated rings. The summed E-state index contributed by atoms with van der Waals surface area (Å²) in [6, 6.07) is 21.2. The highest BCUT2D eigenvalue weighted by Crippen LogP contribution is 2.41. The van der Waals surface area contributed by atoms with Crippen LogP contribution in [0.1, 0.15) is 43.2 Å². The molecule has 2 heterocycles. The van der Waals surface area contributed by atoms with Gasteiger partial charge in [-0.05, 0) is 69.0 Å². The third kappa shape index (κ3) is 3.85. The number of hydrogen-bond donors (Lipinski definition) is 1. The summed E-state index contributed by atoms with van der Waals surface area (Å²) in [6.07, 6.45) is 0.939. The maximum absolute atomic E-state index is 10.7. The molecule has 2 aromatic carbocycles. The lowest BCUT2D eigenvalue weighted by molar-refractivity contribution is 0.0734. The second-order valence-electron chi connectivity index (χ2n) is 8.36. The van der Waals surface area contributed by atoms with E-state index in [1.165, 1.54) is 26.4 Å². The normalized spacial score (nSPS) is 11.8. The zero-order valence-electron chi connectivity index (χ0n) is 18.2.